The van der Waals surface area contributed by atoms with Crippen LogP contribution in [0.2, 0.25) is 0 Å². The summed E-state index contributed by atoms with van der Waals surface area (Å²) in [6.45, 7) is 5.28. The second kappa shape index (κ2) is 9.18. The van der Waals surface area contributed by atoms with Gasteiger partial charge >= 0.3 is 6.03 Å². The van der Waals surface area contributed by atoms with E-state index in [2.05, 4.69) is 24.5 Å². The third-order valence-electron chi connectivity index (χ3n) is 4.14. The van der Waals surface area contributed by atoms with E-state index in [9.17, 15) is 4.79 Å². The first kappa shape index (κ1) is 16.3. The molecule has 0 bridgehead atoms. The lowest BCUT2D eigenvalue weighted by Gasteiger charge is -2.27. The first-order valence-corrected chi connectivity index (χ1v) is 7.80. The Morgan fingerprint density at radius 1 is 1.26 bits per heavy atom. The van der Waals surface area contributed by atoms with Gasteiger partial charge in [0.05, 0.1) is 0 Å². The van der Waals surface area contributed by atoms with Gasteiger partial charge in [-0.1, -0.05) is 20.3 Å². The summed E-state index contributed by atoms with van der Waals surface area (Å²) in [4.78, 5) is 11.8. The number of amides is 2. The normalized spacial score (nSPS) is 24.8. The zero-order chi connectivity index (χ0) is 14.1. The van der Waals surface area contributed by atoms with Crippen molar-refractivity contribution in [3.63, 3.8) is 0 Å². The number of carbonyl (C=O) groups excluding carboxylic acids is 1. The second-order valence-corrected chi connectivity index (χ2v) is 5.98. The van der Waals surface area contributed by atoms with Crippen LogP contribution in [0.4, 0.5) is 4.79 Å². The topological polar surface area (TPSA) is 61.4 Å². The number of rotatable bonds is 7. The van der Waals surface area contributed by atoms with Gasteiger partial charge in [0, 0.05) is 19.2 Å². The van der Waals surface area contributed by atoms with E-state index in [1.54, 1.807) is 0 Å². The number of aliphatic hydroxyl groups excluding tert-OH is 1. The molecule has 1 aliphatic carbocycles. The molecule has 0 aromatic rings. The lowest BCUT2D eigenvalue weighted by molar-refractivity contribution is 0.220. The molecule has 0 saturated heterocycles. The van der Waals surface area contributed by atoms with Crippen molar-refractivity contribution in [1.29, 1.82) is 0 Å². The third kappa shape index (κ3) is 6.81. The Kier molecular flexibility index (Phi) is 7.87. The molecule has 0 aromatic carbocycles. The largest absolute Gasteiger partial charge is 0.396 e. The number of hydrogen-bond acceptors (Lipinski definition) is 2. The summed E-state index contributed by atoms with van der Waals surface area (Å²) in [7, 11) is 0. The Balaban J connectivity index is 2.19. The van der Waals surface area contributed by atoms with Crippen molar-refractivity contribution < 1.29 is 9.90 Å². The highest BCUT2D eigenvalue weighted by Crippen LogP contribution is 2.23. The SMILES string of the molecule is CCCC(CCO)CNC(=O)NC1CCC(C)CC1. The van der Waals surface area contributed by atoms with Crippen molar-refractivity contribution in [3.05, 3.63) is 0 Å². The molecule has 2 amide bonds. The maximum Gasteiger partial charge on any atom is 0.315 e. The van der Waals surface area contributed by atoms with Gasteiger partial charge in [0.2, 0.25) is 0 Å². The van der Waals surface area contributed by atoms with Gasteiger partial charge in [-0.2, -0.15) is 0 Å². The molecule has 1 aliphatic rings. The summed E-state index contributed by atoms with van der Waals surface area (Å²) in [6.07, 6.45) is 7.56. The molecule has 0 heterocycles. The van der Waals surface area contributed by atoms with Crippen molar-refractivity contribution >= 4 is 6.03 Å². The average Bonchev–Trinajstić information content (AvgIpc) is 2.39. The first-order valence-electron chi connectivity index (χ1n) is 7.80. The van der Waals surface area contributed by atoms with Crippen molar-refractivity contribution in [2.24, 2.45) is 11.8 Å². The third-order valence-corrected chi connectivity index (χ3v) is 4.14. The maximum atomic E-state index is 11.8. The number of hydrogen-bond donors (Lipinski definition) is 3. The number of urea groups is 1. The fourth-order valence-corrected chi connectivity index (χ4v) is 2.82. The van der Waals surface area contributed by atoms with E-state index >= 15 is 0 Å². The molecular formula is C15H30N2O2. The maximum absolute atomic E-state index is 11.8. The van der Waals surface area contributed by atoms with Gasteiger partial charge in [-0.25, -0.2) is 4.79 Å². The summed E-state index contributed by atoms with van der Waals surface area (Å²) in [5, 5.41) is 15.0. The van der Waals surface area contributed by atoms with Gasteiger partial charge in [-0.3, -0.25) is 0 Å². The molecule has 19 heavy (non-hydrogen) atoms. The fraction of sp³-hybridized carbons (Fsp3) is 0.933. The van der Waals surface area contributed by atoms with Crippen LogP contribution in [0.5, 0.6) is 0 Å². The van der Waals surface area contributed by atoms with Crippen LogP contribution in [0, 0.1) is 11.8 Å². The quantitative estimate of drug-likeness (QED) is 0.666. The number of nitrogens with one attached hydrogen (secondary N) is 2. The monoisotopic (exact) mass is 270 g/mol. The molecule has 4 nitrogen and oxygen atoms in total. The van der Waals surface area contributed by atoms with Gasteiger partial charge in [0.25, 0.3) is 0 Å². The van der Waals surface area contributed by atoms with Crippen LogP contribution in [0.3, 0.4) is 0 Å². The van der Waals surface area contributed by atoms with E-state index in [1.165, 1.54) is 12.8 Å². The smallest absolute Gasteiger partial charge is 0.315 e. The van der Waals surface area contributed by atoms with Crippen molar-refractivity contribution in [2.75, 3.05) is 13.2 Å². The van der Waals surface area contributed by atoms with E-state index < -0.39 is 0 Å². The number of carbonyl (C=O) groups is 1. The Hall–Kier alpha value is -0.770. The van der Waals surface area contributed by atoms with Crippen LogP contribution in [0.1, 0.15) is 58.8 Å². The summed E-state index contributed by atoms with van der Waals surface area (Å²) in [5.74, 6) is 1.20. The Morgan fingerprint density at radius 3 is 2.53 bits per heavy atom. The molecular weight excluding hydrogens is 240 g/mol. The van der Waals surface area contributed by atoms with Gasteiger partial charge in [-0.15, -0.1) is 0 Å². The molecule has 3 N–H and O–H groups in total. The van der Waals surface area contributed by atoms with E-state index in [0.29, 0.717) is 18.5 Å². The van der Waals surface area contributed by atoms with E-state index in [1.807, 2.05) is 0 Å². The molecule has 0 aliphatic heterocycles. The Bertz CT molecular complexity index is 245. The lowest BCUT2D eigenvalue weighted by atomic mass is 9.87. The van der Waals surface area contributed by atoms with Gasteiger partial charge in [0.1, 0.15) is 0 Å². The highest BCUT2D eigenvalue weighted by molar-refractivity contribution is 5.74. The lowest BCUT2D eigenvalue weighted by Crippen LogP contribution is -2.44. The van der Waals surface area contributed by atoms with E-state index in [0.717, 1.165) is 38.0 Å². The van der Waals surface area contributed by atoms with E-state index in [4.69, 9.17) is 5.11 Å². The summed E-state index contributed by atoms with van der Waals surface area (Å²) in [5.41, 5.74) is 0. The standard InChI is InChI=1S/C15H30N2O2/c1-3-4-13(9-10-18)11-16-15(19)17-14-7-5-12(2)6-8-14/h12-14,18H,3-11H2,1-2H3,(H2,16,17,19). The minimum Gasteiger partial charge on any atom is -0.396 e. The average molecular weight is 270 g/mol. The van der Waals surface area contributed by atoms with Crippen molar-refractivity contribution in [3.8, 4) is 0 Å². The summed E-state index contributed by atoms with van der Waals surface area (Å²) < 4.78 is 0. The zero-order valence-electron chi connectivity index (χ0n) is 12.5. The predicted octanol–water partition coefficient (Wildman–Crippen LogP) is 2.66. The molecule has 4 heteroatoms. The van der Waals surface area contributed by atoms with Gasteiger partial charge < -0.3 is 15.7 Å². The summed E-state index contributed by atoms with van der Waals surface area (Å²) >= 11 is 0. The molecule has 1 saturated carbocycles. The highest BCUT2D eigenvalue weighted by atomic mass is 16.3. The van der Waals surface area contributed by atoms with E-state index in [-0.39, 0.29) is 12.6 Å². The number of aliphatic hydroxyl groups is 1. The van der Waals surface area contributed by atoms with Crippen LogP contribution in [0.15, 0.2) is 0 Å². The molecule has 0 radical (unpaired) electrons. The molecule has 1 unspecified atom stereocenters. The Morgan fingerprint density at radius 2 is 1.95 bits per heavy atom. The molecule has 1 rings (SSSR count). The van der Waals surface area contributed by atoms with Gasteiger partial charge in [0.15, 0.2) is 0 Å². The molecule has 112 valence electrons. The zero-order valence-corrected chi connectivity index (χ0v) is 12.5. The fourth-order valence-electron chi connectivity index (χ4n) is 2.82. The van der Waals surface area contributed by atoms with Crippen LogP contribution in [-0.4, -0.2) is 30.3 Å². The van der Waals surface area contributed by atoms with Crippen molar-refractivity contribution in [2.45, 2.75) is 64.8 Å². The van der Waals surface area contributed by atoms with Crippen molar-refractivity contribution in [1.82, 2.24) is 10.6 Å². The molecule has 1 atom stereocenters. The van der Waals surface area contributed by atoms with Gasteiger partial charge in [-0.05, 0) is 50.4 Å². The predicted molar refractivity (Wildman–Crippen MR) is 78.1 cm³/mol. The second-order valence-electron chi connectivity index (χ2n) is 5.98. The minimum atomic E-state index is -0.0430. The van der Waals surface area contributed by atoms with Crippen LogP contribution in [0.25, 0.3) is 0 Å². The minimum absolute atomic E-state index is 0.0430. The molecule has 0 aromatic heterocycles. The van der Waals surface area contributed by atoms with Crippen LogP contribution < -0.4 is 10.6 Å². The Labute approximate surface area is 117 Å². The highest BCUT2D eigenvalue weighted by Gasteiger charge is 2.19. The van der Waals surface area contributed by atoms with Crippen LogP contribution >= 0.6 is 0 Å². The molecule has 0 spiro atoms. The van der Waals surface area contributed by atoms with Crippen LogP contribution in [-0.2, 0) is 0 Å². The first-order chi connectivity index (χ1) is 9.15. The summed E-state index contributed by atoms with van der Waals surface area (Å²) in [6, 6.07) is 0.303. The molecule has 1 fully saturated rings.